The largest absolute Gasteiger partial charge is 0.498 e. The van der Waals surface area contributed by atoms with Gasteiger partial charge in [0.1, 0.15) is 19.0 Å². The average molecular weight is 278 g/mol. The summed E-state index contributed by atoms with van der Waals surface area (Å²) in [5.74, 6) is 0.172. The molecule has 0 aliphatic heterocycles. The van der Waals surface area contributed by atoms with E-state index in [0.29, 0.717) is 24.5 Å². The molecule has 108 valence electrons. The first-order valence-corrected chi connectivity index (χ1v) is 6.10. The Labute approximate surface area is 118 Å². The van der Waals surface area contributed by atoms with E-state index < -0.39 is 12.3 Å². The topological polar surface area (TPSA) is 54.0 Å². The second-order valence-corrected chi connectivity index (χ2v) is 3.69. The van der Waals surface area contributed by atoms with Crippen LogP contribution in [0.15, 0.2) is 49.9 Å². The Kier molecular flexibility index (Phi) is 6.75. The Morgan fingerprint density at radius 1 is 1.20 bits per heavy atom. The quantitative estimate of drug-likeness (QED) is 0.301. The van der Waals surface area contributed by atoms with Crippen LogP contribution in [0.5, 0.6) is 5.75 Å². The molecule has 0 radical (unpaired) electrons. The number of benzene rings is 1. The maximum Gasteiger partial charge on any atom is 0.341 e. The van der Waals surface area contributed by atoms with Crippen LogP contribution in [-0.4, -0.2) is 25.5 Å². The number of hydrogen-bond acceptors (Lipinski definition) is 5. The molecule has 0 bridgehead atoms. The van der Waals surface area contributed by atoms with Gasteiger partial charge in [-0.25, -0.2) is 4.79 Å². The second-order valence-electron chi connectivity index (χ2n) is 3.69. The average Bonchev–Trinajstić information content (AvgIpc) is 2.44. The molecule has 1 aromatic carbocycles. The van der Waals surface area contributed by atoms with Crippen molar-refractivity contribution in [2.24, 2.45) is 0 Å². The summed E-state index contributed by atoms with van der Waals surface area (Å²) in [7, 11) is 0. The van der Waals surface area contributed by atoms with Gasteiger partial charge in [0.15, 0.2) is 0 Å². The number of hydrogen-bond donors (Lipinski definition) is 0. The minimum absolute atomic E-state index is 0.403. The summed E-state index contributed by atoms with van der Waals surface area (Å²) in [6.45, 7) is 9.25. The third-order valence-corrected chi connectivity index (χ3v) is 2.24. The Hall–Kier alpha value is -2.43. The first-order chi connectivity index (χ1) is 9.67. The molecule has 1 atom stereocenters. The smallest absolute Gasteiger partial charge is 0.341 e. The molecule has 1 aromatic rings. The molecule has 0 aliphatic carbocycles. The lowest BCUT2D eigenvalue weighted by Gasteiger charge is -2.12. The lowest BCUT2D eigenvalue weighted by atomic mass is 10.2. The molecule has 0 amide bonds. The van der Waals surface area contributed by atoms with E-state index in [1.807, 2.05) is 0 Å². The van der Waals surface area contributed by atoms with Crippen molar-refractivity contribution >= 4 is 5.97 Å². The molecule has 5 heteroatoms. The number of ether oxygens (including phenoxy) is 4. The van der Waals surface area contributed by atoms with E-state index in [1.54, 1.807) is 31.2 Å². The van der Waals surface area contributed by atoms with E-state index in [4.69, 9.17) is 18.9 Å². The maximum absolute atomic E-state index is 11.7. The zero-order valence-electron chi connectivity index (χ0n) is 11.4. The molecule has 1 unspecified atom stereocenters. The lowest BCUT2D eigenvalue weighted by Crippen LogP contribution is -2.16. The zero-order valence-corrected chi connectivity index (χ0v) is 11.4. The highest BCUT2D eigenvalue weighted by Gasteiger charge is 2.11. The van der Waals surface area contributed by atoms with Crippen LogP contribution in [0.25, 0.3) is 0 Å². The van der Waals surface area contributed by atoms with Crippen LogP contribution in [-0.2, 0) is 14.2 Å². The lowest BCUT2D eigenvalue weighted by molar-refractivity contribution is -0.0598. The molecule has 1 rings (SSSR count). The third kappa shape index (κ3) is 5.48. The van der Waals surface area contributed by atoms with Gasteiger partial charge in [0.2, 0.25) is 6.29 Å². The zero-order chi connectivity index (χ0) is 14.8. The molecule has 0 heterocycles. The van der Waals surface area contributed by atoms with Crippen LogP contribution >= 0.6 is 0 Å². The molecule has 20 heavy (non-hydrogen) atoms. The van der Waals surface area contributed by atoms with Crippen molar-refractivity contribution in [1.29, 1.82) is 0 Å². The van der Waals surface area contributed by atoms with Crippen LogP contribution < -0.4 is 4.74 Å². The van der Waals surface area contributed by atoms with Crippen LogP contribution in [0.3, 0.4) is 0 Å². The molecule has 0 fully saturated rings. The number of carbonyl (C=O) groups excluding carboxylic acids is 1. The fourth-order valence-corrected chi connectivity index (χ4v) is 1.36. The monoisotopic (exact) mass is 278 g/mol. The molecule has 0 aliphatic rings. The van der Waals surface area contributed by atoms with Crippen molar-refractivity contribution in [2.75, 3.05) is 13.2 Å². The molecule has 5 nitrogen and oxygen atoms in total. The molecular formula is C15H18O5. The molecule has 0 N–H and O–H groups in total. The second kappa shape index (κ2) is 8.63. The summed E-state index contributed by atoms with van der Waals surface area (Å²) < 4.78 is 20.3. The van der Waals surface area contributed by atoms with Crippen molar-refractivity contribution in [3.8, 4) is 5.75 Å². The predicted molar refractivity (Wildman–Crippen MR) is 74.2 cm³/mol. The standard InChI is InChI=1S/C15H18O5/c1-4-17-10-11-19-14-8-6-13(7-9-14)15(16)20-12(3)18-5-2/h4-9,12H,1-2,10-11H2,3H3. The van der Waals surface area contributed by atoms with Crippen LogP contribution in [0, 0.1) is 0 Å². The van der Waals surface area contributed by atoms with Gasteiger partial charge in [-0.2, -0.15) is 0 Å². The fraction of sp³-hybridized carbons (Fsp3) is 0.267. The minimum Gasteiger partial charge on any atom is -0.498 e. The third-order valence-electron chi connectivity index (χ3n) is 2.24. The van der Waals surface area contributed by atoms with Crippen LogP contribution in [0.2, 0.25) is 0 Å². The van der Waals surface area contributed by atoms with Gasteiger partial charge in [0.05, 0.1) is 18.1 Å². The van der Waals surface area contributed by atoms with Crippen molar-refractivity contribution in [3.05, 3.63) is 55.5 Å². The van der Waals surface area contributed by atoms with E-state index in [2.05, 4.69) is 13.2 Å². The maximum atomic E-state index is 11.7. The van der Waals surface area contributed by atoms with Gasteiger partial charge < -0.3 is 18.9 Å². The molecular weight excluding hydrogens is 260 g/mol. The first kappa shape index (κ1) is 15.6. The highest BCUT2D eigenvalue weighted by Crippen LogP contribution is 2.13. The van der Waals surface area contributed by atoms with Crippen LogP contribution in [0.1, 0.15) is 17.3 Å². The summed E-state index contributed by atoms with van der Waals surface area (Å²) in [6.07, 6.45) is 1.90. The van der Waals surface area contributed by atoms with Gasteiger partial charge in [-0.15, -0.1) is 0 Å². The number of rotatable bonds is 9. The van der Waals surface area contributed by atoms with Gasteiger partial charge >= 0.3 is 5.97 Å². The summed E-state index contributed by atoms with van der Waals surface area (Å²) in [6, 6.07) is 6.60. The normalized spacial score (nSPS) is 11.1. The van der Waals surface area contributed by atoms with E-state index in [9.17, 15) is 4.79 Å². The van der Waals surface area contributed by atoms with E-state index in [1.165, 1.54) is 12.5 Å². The highest BCUT2D eigenvalue weighted by atomic mass is 16.7. The Morgan fingerprint density at radius 3 is 2.50 bits per heavy atom. The van der Waals surface area contributed by atoms with Crippen molar-refractivity contribution in [2.45, 2.75) is 13.2 Å². The Bertz CT molecular complexity index is 438. The number of carbonyl (C=O) groups is 1. The van der Waals surface area contributed by atoms with Gasteiger partial charge in [0, 0.05) is 6.92 Å². The van der Waals surface area contributed by atoms with Crippen molar-refractivity contribution in [3.63, 3.8) is 0 Å². The van der Waals surface area contributed by atoms with E-state index >= 15 is 0 Å². The van der Waals surface area contributed by atoms with Crippen LogP contribution in [0.4, 0.5) is 0 Å². The fourth-order valence-electron chi connectivity index (χ4n) is 1.36. The predicted octanol–water partition coefficient (Wildman–Crippen LogP) is 2.89. The van der Waals surface area contributed by atoms with E-state index in [0.717, 1.165) is 0 Å². The first-order valence-electron chi connectivity index (χ1n) is 6.10. The van der Waals surface area contributed by atoms with Gasteiger partial charge in [-0.3, -0.25) is 0 Å². The Morgan fingerprint density at radius 2 is 1.90 bits per heavy atom. The highest BCUT2D eigenvalue weighted by molar-refractivity contribution is 5.89. The summed E-state index contributed by atoms with van der Waals surface area (Å²) in [5, 5.41) is 0. The molecule has 0 aromatic heterocycles. The van der Waals surface area contributed by atoms with Crippen molar-refractivity contribution in [1.82, 2.24) is 0 Å². The Balaban J connectivity index is 2.46. The SMILES string of the molecule is C=COCCOc1ccc(C(=O)OC(C)OC=C)cc1. The van der Waals surface area contributed by atoms with Crippen molar-refractivity contribution < 1.29 is 23.7 Å². The van der Waals surface area contributed by atoms with E-state index in [-0.39, 0.29) is 0 Å². The van der Waals surface area contributed by atoms with Gasteiger partial charge in [-0.1, -0.05) is 13.2 Å². The number of esters is 1. The molecule has 0 saturated carbocycles. The van der Waals surface area contributed by atoms with Gasteiger partial charge in [-0.05, 0) is 24.3 Å². The molecule has 0 saturated heterocycles. The van der Waals surface area contributed by atoms with Gasteiger partial charge in [0.25, 0.3) is 0 Å². The molecule has 0 spiro atoms. The summed E-state index contributed by atoms with van der Waals surface area (Å²) in [4.78, 5) is 11.7. The minimum atomic E-state index is -0.674. The summed E-state index contributed by atoms with van der Waals surface area (Å²) in [5.41, 5.74) is 0.416. The summed E-state index contributed by atoms with van der Waals surface area (Å²) >= 11 is 0.